The summed E-state index contributed by atoms with van der Waals surface area (Å²) in [6, 6.07) is 3.79. The van der Waals surface area contributed by atoms with E-state index in [-0.39, 0.29) is 19.2 Å². The fraction of sp³-hybridized carbons (Fsp3) is 0.364. The van der Waals surface area contributed by atoms with Gasteiger partial charge in [-0.2, -0.15) is 0 Å². The summed E-state index contributed by atoms with van der Waals surface area (Å²) >= 11 is 0. The first-order chi connectivity index (χ1) is 7.70. The molecule has 0 fully saturated rings. The van der Waals surface area contributed by atoms with Crippen LogP contribution in [0.5, 0.6) is 11.5 Å². The first-order valence-electron chi connectivity index (χ1n) is 5.06. The number of carbonyl (C=O) groups is 1. The largest absolute Gasteiger partial charge is 0.454 e. The lowest BCUT2D eigenvalue weighted by atomic mass is 10.1. The number of rotatable bonds is 3. The zero-order valence-electron chi connectivity index (χ0n) is 9.08. The standard InChI is InChI=1S/C11H14N2O3/c1-7-2-9-10(16-6-15-9)3-8(7)5-13-11(14)4-12/h2-3H,4-6,12H2,1H3,(H,13,14). The number of fused-ring (bicyclic) bond motifs is 1. The Bertz CT molecular complexity index is 418. The van der Waals surface area contributed by atoms with Crippen molar-refractivity contribution in [3.63, 3.8) is 0 Å². The predicted octanol–water partition coefficient (Wildman–Crippen LogP) is 0.299. The summed E-state index contributed by atoms with van der Waals surface area (Å²) in [4.78, 5) is 11.0. The van der Waals surface area contributed by atoms with Gasteiger partial charge >= 0.3 is 0 Å². The molecule has 1 amide bonds. The van der Waals surface area contributed by atoms with E-state index in [1.807, 2.05) is 19.1 Å². The fourth-order valence-corrected chi connectivity index (χ4v) is 1.54. The Morgan fingerprint density at radius 3 is 2.81 bits per heavy atom. The Kier molecular flexibility index (Phi) is 2.96. The number of benzene rings is 1. The van der Waals surface area contributed by atoms with Crippen LogP contribution in [0.15, 0.2) is 12.1 Å². The van der Waals surface area contributed by atoms with Crippen LogP contribution in [0.2, 0.25) is 0 Å². The Morgan fingerprint density at radius 2 is 2.12 bits per heavy atom. The molecule has 0 bridgehead atoms. The highest BCUT2D eigenvalue weighted by Gasteiger charge is 2.15. The molecule has 3 N–H and O–H groups in total. The third-order valence-corrected chi connectivity index (χ3v) is 2.49. The molecule has 1 aliphatic rings. The number of ether oxygens (including phenoxy) is 2. The molecule has 1 heterocycles. The predicted molar refractivity (Wildman–Crippen MR) is 58.2 cm³/mol. The first-order valence-corrected chi connectivity index (χ1v) is 5.06. The fourth-order valence-electron chi connectivity index (χ4n) is 1.54. The van der Waals surface area contributed by atoms with Gasteiger partial charge in [-0.1, -0.05) is 0 Å². The van der Waals surface area contributed by atoms with Crippen molar-refractivity contribution in [2.24, 2.45) is 5.73 Å². The van der Waals surface area contributed by atoms with Crippen LogP contribution in [0.25, 0.3) is 0 Å². The molecule has 5 heteroatoms. The molecule has 86 valence electrons. The summed E-state index contributed by atoms with van der Waals surface area (Å²) in [7, 11) is 0. The average Bonchev–Trinajstić information content (AvgIpc) is 2.72. The van der Waals surface area contributed by atoms with Crippen LogP contribution in [-0.4, -0.2) is 19.2 Å². The molecule has 1 aromatic rings. The third kappa shape index (κ3) is 2.09. The lowest BCUT2D eigenvalue weighted by Gasteiger charge is -2.08. The molecule has 0 unspecified atom stereocenters. The van der Waals surface area contributed by atoms with Gasteiger partial charge in [0.05, 0.1) is 6.54 Å². The van der Waals surface area contributed by atoms with Gasteiger partial charge in [0.15, 0.2) is 11.5 Å². The van der Waals surface area contributed by atoms with Gasteiger partial charge in [0, 0.05) is 6.54 Å². The van der Waals surface area contributed by atoms with Gasteiger partial charge in [0.2, 0.25) is 12.7 Å². The Morgan fingerprint density at radius 1 is 1.44 bits per heavy atom. The molecule has 0 atom stereocenters. The number of nitrogens with one attached hydrogen (secondary N) is 1. The van der Waals surface area contributed by atoms with Crippen molar-refractivity contribution in [1.29, 1.82) is 0 Å². The van der Waals surface area contributed by atoms with E-state index in [0.29, 0.717) is 6.54 Å². The van der Waals surface area contributed by atoms with Crippen LogP contribution in [-0.2, 0) is 11.3 Å². The van der Waals surface area contributed by atoms with Crippen molar-refractivity contribution in [1.82, 2.24) is 5.32 Å². The first kappa shape index (κ1) is 10.8. The topological polar surface area (TPSA) is 73.6 Å². The monoisotopic (exact) mass is 222 g/mol. The van der Waals surface area contributed by atoms with Crippen LogP contribution in [0.4, 0.5) is 0 Å². The second kappa shape index (κ2) is 4.40. The van der Waals surface area contributed by atoms with Crippen molar-refractivity contribution in [3.8, 4) is 11.5 Å². The molecule has 1 aromatic carbocycles. The average molecular weight is 222 g/mol. The lowest BCUT2D eigenvalue weighted by Crippen LogP contribution is -2.29. The van der Waals surface area contributed by atoms with E-state index >= 15 is 0 Å². The maximum Gasteiger partial charge on any atom is 0.234 e. The zero-order chi connectivity index (χ0) is 11.5. The van der Waals surface area contributed by atoms with Crippen molar-refractivity contribution in [2.75, 3.05) is 13.3 Å². The molecule has 16 heavy (non-hydrogen) atoms. The Balaban J connectivity index is 2.12. The summed E-state index contributed by atoms with van der Waals surface area (Å²) in [5.74, 6) is 1.31. The van der Waals surface area contributed by atoms with Gasteiger partial charge in [-0.05, 0) is 30.2 Å². The van der Waals surface area contributed by atoms with Gasteiger partial charge in [-0.25, -0.2) is 0 Å². The minimum Gasteiger partial charge on any atom is -0.454 e. The summed E-state index contributed by atoms with van der Waals surface area (Å²) in [5, 5.41) is 2.72. The van der Waals surface area contributed by atoms with E-state index in [0.717, 1.165) is 22.6 Å². The van der Waals surface area contributed by atoms with Crippen molar-refractivity contribution in [3.05, 3.63) is 23.3 Å². The number of amides is 1. The number of aryl methyl sites for hydroxylation is 1. The van der Waals surface area contributed by atoms with Gasteiger partial charge in [0.25, 0.3) is 0 Å². The van der Waals surface area contributed by atoms with Crippen molar-refractivity contribution < 1.29 is 14.3 Å². The summed E-state index contributed by atoms with van der Waals surface area (Å²) in [6.45, 7) is 2.68. The van der Waals surface area contributed by atoms with Crippen LogP contribution >= 0.6 is 0 Å². The van der Waals surface area contributed by atoms with Crippen molar-refractivity contribution >= 4 is 5.91 Å². The van der Waals surface area contributed by atoms with Crippen LogP contribution < -0.4 is 20.5 Å². The molecule has 0 saturated heterocycles. The summed E-state index contributed by atoms with van der Waals surface area (Å²) in [5.41, 5.74) is 7.27. The van der Waals surface area contributed by atoms with Crippen LogP contribution in [0.3, 0.4) is 0 Å². The molecule has 1 aliphatic heterocycles. The molecular formula is C11H14N2O3. The number of hydrogen-bond acceptors (Lipinski definition) is 4. The van der Waals surface area contributed by atoms with Gasteiger partial charge in [-0.15, -0.1) is 0 Å². The second-order valence-corrected chi connectivity index (χ2v) is 3.61. The molecule has 0 spiro atoms. The molecule has 0 radical (unpaired) electrons. The smallest absolute Gasteiger partial charge is 0.234 e. The normalized spacial score (nSPS) is 12.6. The highest BCUT2D eigenvalue weighted by atomic mass is 16.7. The van der Waals surface area contributed by atoms with Gasteiger partial charge < -0.3 is 20.5 Å². The quantitative estimate of drug-likeness (QED) is 0.771. The maximum atomic E-state index is 11.0. The highest BCUT2D eigenvalue weighted by molar-refractivity contribution is 5.77. The molecule has 0 saturated carbocycles. The lowest BCUT2D eigenvalue weighted by molar-refractivity contribution is -0.119. The molecular weight excluding hydrogens is 208 g/mol. The minimum atomic E-state index is -0.169. The number of carbonyl (C=O) groups excluding carboxylic acids is 1. The molecule has 0 aliphatic carbocycles. The van der Waals surface area contributed by atoms with Gasteiger partial charge in [-0.3, -0.25) is 4.79 Å². The van der Waals surface area contributed by atoms with E-state index in [1.165, 1.54) is 0 Å². The minimum absolute atomic E-state index is 0.00357. The van der Waals surface area contributed by atoms with Crippen LogP contribution in [0.1, 0.15) is 11.1 Å². The van der Waals surface area contributed by atoms with E-state index < -0.39 is 0 Å². The SMILES string of the molecule is Cc1cc2c(cc1CNC(=O)CN)OCO2. The van der Waals surface area contributed by atoms with E-state index in [4.69, 9.17) is 15.2 Å². The second-order valence-electron chi connectivity index (χ2n) is 3.61. The molecule has 5 nitrogen and oxygen atoms in total. The van der Waals surface area contributed by atoms with E-state index in [9.17, 15) is 4.79 Å². The number of nitrogens with two attached hydrogens (primary N) is 1. The van der Waals surface area contributed by atoms with Crippen molar-refractivity contribution in [2.45, 2.75) is 13.5 Å². The zero-order valence-corrected chi connectivity index (χ0v) is 9.08. The maximum absolute atomic E-state index is 11.0. The molecule has 0 aromatic heterocycles. The Labute approximate surface area is 93.5 Å². The third-order valence-electron chi connectivity index (χ3n) is 2.49. The van der Waals surface area contributed by atoms with E-state index in [2.05, 4.69) is 5.32 Å². The Hall–Kier alpha value is -1.75. The molecule has 2 rings (SSSR count). The number of hydrogen-bond donors (Lipinski definition) is 2. The highest BCUT2D eigenvalue weighted by Crippen LogP contribution is 2.34. The summed E-state index contributed by atoms with van der Waals surface area (Å²) in [6.07, 6.45) is 0. The van der Waals surface area contributed by atoms with E-state index in [1.54, 1.807) is 0 Å². The van der Waals surface area contributed by atoms with Gasteiger partial charge in [0.1, 0.15) is 0 Å². The van der Waals surface area contributed by atoms with Crippen LogP contribution in [0, 0.1) is 6.92 Å². The summed E-state index contributed by atoms with van der Waals surface area (Å²) < 4.78 is 10.5.